The molecule has 0 bridgehead atoms. The van der Waals surface area contributed by atoms with Gasteiger partial charge in [-0.2, -0.15) is 0 Å². The molecule has 318 valence electrons. The third-order valence-electron chi connectivity index (χ3n) is 8.69. The average Bonchev–Trinajstić information content (AvgIpc) is 3.17. The van der Waals surface area contributed by atoms with E-state index in [0.29, 0.717) is 12.8 Å². The Morgan fingerprint density at radius 1 is 0.545 bits per heavy atom. The zero-order chi connectivity index (χ0) is 40.5. The molecule has 0 rings (SSSR count). The minimum Gasteiger partial charge on any atom is -0.462 e. The van der Waals surface area contributed by atoms with Crippen LogP contribution < -0.4 is 0 Å². The van der Waals surface area contributed by atoms with Crippen molar-refractivity contribution in [3.8, 4) is 0 Å². The van der Waals surface area contributed by atoms with Gasteiger partial charge in [-0.15, -0.1) is 0 Å². The van der Waals surface area contributed by atoms with Gasteiger partial charge in [0.05, 0.1) is 19.8 Å². The highest BCUT2D eigenvalue weighted by atomic mass is 31.2. The van der Waals surface area contributed by atoms with Crippen molar-refractivity contribution >= 4 is 19.8 Å². The molecule has 0 aromatic heterocycles. The van der Waals surface area contributed by atoms with E-state index >= 15 is 0 Å². The molecule has 0 radical (unpaired) electrons. The Morgan fingerprint density at radius 2 is 0.982 bits per heavy atom. The monoisotopic (exact) mass is 797 g/mol. The fraction of sp³-hybridized carbons (Fsp3) is 0.727. The van der Waals surface area contributed by atoms with Crippen molar-refractivity contribution in [3.05, 3.63) is 60.8 Å². The molecule has 10 nitrogen and oxygen atoms in total. The minimum atomic E-state index is -4.64. The molecule has 0 heterocycles. The molecule has 0 aliphatic rings. The van der Waals surface area contributed by atoms with Crippen molar-refractivity contribution in [3.63, 3.8) is 0 Å². The summed E-state index contributed by atoms with van der Waals surface area (Å²) in [7, 11) is -4.64. The van der Waals surface area contributed by atoms with Crippen LogP contribution in [-0.2, 0) is 32.7 Å². The van der Waals surface area contributed by atoms with Gasteiger partial charge < -0.3 is 24.6 Å². The number of aliphatic hydroxyl groups excluding tert-OH is 2. The standard InChI is InChI=1S/C44H77O10P/c1-3-5-7-9-11-13-15-17-18-19-20-21-22-24-26-28-30-32-34-36-44(48)54-42(40-53-55(49,50)52-38-41(46)37-45)39-51-43(47)35-33-31-29-27-25-23-16-14-12-10-8-6-4-2/h11,13,17-18,20-21,24,26,30,32,41-42,45-46H,3-10,12,14-16,19,22-23,25,27-29,31,33-40H2,1-2H3,(H,49,50)/b13-11-,18-17-,21-20-,26-24-,32-30-/t41-,42+/m0/s1. The Bertz CT molecular complexity index is 1100. The summed E-state index contributed by atoms with van der Waals surface area (Å²) in [5.41, 5.74) is 0. The highest BCUT2D eigenvalue weighted by molar-refractivity contribution is 7.47. The lowest BCUT2D eigenvalue weighted by Crippen LogP contribution is -2.29. The maximum Gasteiger partial charge on any atom is 0.472 e. The minimum absolute atomic E-state index is 0.0600. The van der Waals surface area contributed by atoms with Crippen molar-refractivity contribution in [2.75, 3.05) is 26.4 Å². The van der Waals surface area contributed by atoms with Gasteiger partial charge in [0, 0.05) is 12.8 Å². The van der Waals surface area contributed by atoms with Crippen LogP contribution in [0.25, 0.3) is 0 Å². The number of phosphoric ester groups is 1. The molecule has 0 aromatic rings. The van der Waals surface area contributed by atoms with Gasteiger partial charge in [0.1, 0.15) is 12.7 Å². The highest BCUT2D eigenvalue weighted by Crippen LogP contribution is 2.43. The number of hydrogen-bond acceptors (Lipinski definition) is 9. The van der Waals surface area contributed by atoms with E-state index in [9.17, 15) is 24.2 Å². The second kappa shape index (κ2) is 39.9. The summed E-state index contributed by atoms with van der Waals surface area (Å²) in [6, 6.07) is 0. The predicted molar refractivity (Wildman–Crippen MR) is 224 cm³/mol. The molecule has 0 saturated carbocycles. The summed E-state index contributed by atoms with van der Waals surface area (Å²) < 4.78 is 32.6. The first-order valence-electron chi connectivity index (χ1n) is 21.2. The number of rotatable bonds is 39. The third kappa shape index (κ3) is 39.7. The zero-order valence-corrected chi connectivity index (χ0v) is 35.3. The first-order chi connectivity index (χ1) is 26.7. The summed E-state index contributed by atoms with van der Waals surface area (Å²) in [4.78, 5) is 34.9. The fourth-order valence-electron chi connectivity index (χ4n) is 5.39. The van der Waals surface area contributed by atoms with Gasteiger partial charge in [0.25, 0.3) is 0 Å². The van der Waals surface area contributed by atoms with E-state index in [1.54, 1.807) is 0 Å². The largest absolute Gasteiger partial charge is 0.472 e. The van der Waals surface area contributed by atoms with Gasteiger partial charge in [0.2, 0.25) is 0 Å². The molecule has 0 aliphatic carbocycles. The van der Waals surface area contributed by atoms with Crippen molar-refractivity contribution in [2.45, 2.75) is 180 Å². The number of unbranched alkanes of at least 4 members (excludes halogenated alkanes) is 15. The predicted octanol–water partition coefficient (Wildman–Crippen LogP) is 11.1. The molecule has 0 spiro atoms. The maximum absolute atomic E-state index is 12.6. The van der Waals surface area contributed by atoms with Crippen molar-refractivity contribution < 1.29 is 47.8 Å². The number of carbonyl (C=O) groups excluding carboxylic acids is 2. The summed E-state index contributed by atoms with van der Waals surface area (Å²) in [5.74, 6) is -1.02. The van der Waals surface area contributed by atoms with E-state index in [0.717, 1.165) is 44.9 Å². The van der Waals surface area contributed by atoms with Crippen LogP contribution >= 0.6 is 7.82 Å². The fourth-order valence-corrected chi connectivity index (χ4v) is 6.18. The molecule has 11 heteroatoms. The van der Waals surface area contributed by atoms with Crippen LogP contribution in [0.5, 0.6) is 0 Å². The van der Waals surface area contributed by atoms with Crippen molar-refractivity contribution in [1.82, 2.24) is 0 Å². The lowest BCUT2D eigenvalue weighted by atomic mass is 10.0. The average molecular weight is 797 g/mol. The lowest BCUT2D eigenvalue weighted by Gasteiger charge is -2.20. The van der Waals surface area contributed by atoms with Crippen molar-refractivity contribution in [2.24, 2.45) is 0 Å². The van der Waals surface area contributed by atoms with E-state index in [2.05, 4.69) is 67.0 Å². The van der Waals surface area contributed by atoms with Gasteiger partial charge in [-0.05, 0) is 51.4 Å². The number of hydrogen-bond donors (Lipinski definition) is 3. The lowest BCUT2D eigenvalue weighted by molar-refractivity contribution is -0.161. The highest BCUT2D eigenvalue weighted by Gasteiger charge is 2.27. The van der Waals surface area contributed by atoms with Crippen molar-refractivity contribution in [1.29, 1.82) is 0 Å². The summed E-state index contributed by atoms with van der Waals surface area (Å²) in [6.07, 6.45) is 43.4. The number of phosphoric acid groups is 1. The molecule has 0 aliphatic heterocycles. The van der Waals surface area contributed by atoms with Crippen LogP contribution in [0.3, 0.4) is 0 Å². The normalized spacial score (nSPS) is 14.5. The van der Waals surface area contributed by atoms with E-state index < -0.39 is 51.8 Å². The van der Waals surface area contributed by atoms with E-state index in [4.69, 9.17) is 19.1 Å². The van der Waals surface area contributed by atoms with Gasteiger partial charge >= 0.3 is 19.8 Å². The smallest absolute Gasteiger partial charge is 0.462 e. The molecular weight excluding hydrogens is 719 g/mol. The Morgan fingerprint density at radius 3 is 1.49 bits per heavy atom. The van der Waals surface area contributed by atoms with Crippen LogP contribution in [0, 0.1) is 0 Å². The third-order valence-corrected chi connectivity index (χ3v) is 9.64. The van der Waals surface area contributed by atoms with Crippen LogP contribution in [0.2, 0.25) is 0 Å². The Hall–Kier alpha value is -2.33. The number of aliphatic hydroxyl groups is 2. The number of esters is 2. The summed E-state index contributed by atoms with van der Waals surface area (Å²) in [5, 5.41) is 18.3. The molecule has 3 N–H and O–H groups in total. The first kappa shape index (κ1) is 52.7. The van der Waals surface area contributed by atoms with Gasteiger partial charge in [-0.1, -0.05) is 164 Å². The number of ether oxygens (including phenoxy) is 2. The van der Waals surface area contributed by atoms with Gasteiger partial charge in [-0.25, -0.2) is 4.57 Å². The molecule has 0 aromatic carbocycles. The molecule has 0 saturated heterocycles. The maximum atomic E-state index is 12.6. The van der Waals surface area contributed by atoms with Crippen LogP contribution in [0.4, 0.5) is 0 Å². The second-order valence-corrected chi connectivity index (χ2v) is 15.5. The van der Waals surface area contributed by atoms with Crippen LogP contribution in [0.1, 0.15) is 168 Å². The number of carbonyl (C=O) groups is 2. The first-order valence-corrected chi connectivity index (χ1v) is 22.7. The quantitative estimate of drug-likeness (QED) is 0.0237. The molecular formula is C44H77O10P. The van der Waals surface area contributed by atoms with Crippen LogP contribution in [-0.4, -0.2) is 65.7 Å². The Labute approximate surface area is 334 Å². The Kier molecular flexibility index (Phi) is 38.2. The summed E-state index contributed by atoms with van der Waals surface area (Å²) >= 11 is 0. The van der Waals surface area contributed by atoms with E-state index in [1.165, 1.54) is 83.5 Å². The topological polar surface area (TPSA) is 149 Å². The van der Waals surface area contributed by atoms with Gasteiger partial charge in [-0.3, -0.25) is 18.6 Å². The zero-order valence-electron chi connectivity index (χ0n) is 34.4. The van der Waals surface area contributed by atoms with E-state index in [1.807, 2.05) is 12.2 Å². The Balaban J connectivity index is 4.45. The van der Waals surface area contributed by atoms with Crippen LogP contribution in [0.15, 0.2) is 60.8 Å². The second-order valence-electron chi connectivity index (χ2n) is 14.0. The molecule has 55 heavy (non-hydrogen) atoms. The molecule has 0 fully saturated rings. The SMILES string of the molecule is CCCCC/C=C\C/C=C\C/C=C\C/C=C\C/C=C\CCC(=O)O[C@H](COC(=O)CCCCCCCCCCCCCCC)COP(=O)(O)OC[C@@H](O)CO. The molecule has 1 unspecified atom stereocenters. The molecule has 3 atom stereocenters. The van der Waals surface area contributed by atoms with E-state index in [-0.39, 0.29) is 19.4 Å². The van der Waals surface area contributed by atoms with Gasteiger partial charge in [0.15, 0.2) is 6.10 Å². The molecule has 0 amide bonds. The number of allylic oxidation sites excluding steroid dienone is 10. The summed E-state index contributed by atoms with van der Waals surface area (Å²) in [6.45, 7) is 2.26.